The Balaban J connectivity index is 2.15. The molecule has 0 amide bonds. The molecule has 0 aliphatic rings. The first-order chi connectivity index (χ1) is 9.11. The zero-order chi connectivity index (χ0) is 13.8. The minimum Gasteiger partial charge on any atom is -0.466 e. The smallest absolute Gasteiger partial charge is 0.105 e. The van der Waals surface area contributed by atoms with Crippen LogP contribution < -0.4 is 0 Å². The third-order valence-electron chi connectivity index (χ3n) is 3.22. The molecule has 1 heterocycles. The molecule has 0 radical (unpaired) electrons. The molecule has 0 aliphatic carbocycles. The second-order valence-corrected chi connectivity index (χ2v) is 5.63. The van der Waals surface area contributed by atoms with Crippen LogP contribution in [0.1, 0.15) is 33.0 Å². The second kappa shape index (κ2) is 6.40. The molecule has 1 atom stereocenters. The van der Waals surface area contributed by atoms with Gasteiger partial charge in [0.25, 0.3) is 0 Å². The van der Waals surface area contributed by atoms with Crippen molar-refractivity contribution < 1.29 is 9.15 Å². The van der Waals surface area contributed by atoms with Crippen LogP contribution in [0.3, 0.4) is 0 Å². The van der Waals surface area contributed by atoms with E-state index in [1.165, 1.54) is 16.7 Å². The van der Waals surface area contributed by atoms with Gasteiger partial charge in [-0.05, 0) is 37.5 Å². The molecule has 0 bridgehead atoms. The van der Waals surface area contributed by atoms with Gasteiger partial charge < -0.3 is 9.15 Å². The molecule has 1 aromatic carbocycles. The van der Waals surface area contributed by atoms with Crippen molar-refractivity contribution in [3.63, 3.8) is 0 Å². The van der Waals surface area contributed by atoms with Crippen LogP contribution in [0.2, 0.25) is 0 Å². The molecule has 102 valence electrons. The van der Waals surface area contributed by atoms with Crippen LogP contribution in [0.15, 0.2) is 34.7 Å². The summed E-state index contributed by atoms with van der Waals surface area (Å²) in [5.41, 5.74) is 3.73. The van der Waals surface area contributed by atoms with Crippen LogP contribution in [0.4, 0.5) is 0 Å². The summed E-state index contributed by atoms with van der Waals surface area (Å²) in [4.78, 5) is 0.182. The number of furan rings is 1. The summed E-state index contributed by atoms with van der Waals surface area (Å²) in [6.07, 6.45) is 0.952. The Kier molecular flexibility index (Phi) is 4.83. The molecule has 0 saturated heterocycles. The highest BCUT2D eigenvalue weighted by Crippen LogP contribution is 2.34. The first kappa shape index (κ1) is 14.4. The molecule has 0 aliphatic heterocycles. The number of hydrogen-bond donors (Lipinski definition) is 0. The Morgan fingerprint density at radius 3 is 2.42 bits per heavy atom. The third-order valence-corrected chi connectivity index (χ3v) is 4.24. The third kappa shape index (κ3) is 3.48. The first-order valence-corrected chi connectivity index (χ1v) is 7.32. The number of ether oxygens (including phenoxy) is 1. The van der Waals surface area contributed by atoms with Gasteiger partial charge in [-0.15, -0.1) is 0 Å². The van der Waals surface area contributed by atoms with Crippen molar-refractivity contribution in [3.8, 4) is 0 Å². The van der Waals surface area contributed by atoms with Gasteiger partial charge in [-0.25, -0.2) is 0 Å². The molecule has 0 spiro atoms. The molecule has 1 aromatic heterocycles. The molecule has 2 nitrogen and oxygen atoms in total. The van der Waals surface area contributed by atoms with Crippen molar-refractivity contribution in [1.82, 2.24) is 0 Å². The standard InChI is InChI=1S/C16H19BrO2/c1-11-10-15(12(2)19-11)16(17)14-6-4-13(5-7-14)8-9-18-3/h4-7,10,16H,8-9H2,1-3H3. The van der Waals surface area contributed by atoms with Crippen molar-refractivity contribution in [2.45, 2.75) is 25.1 Å². The number of aryl methyl sites for hydroxylation is 2. The molecule has 3 heteroatoms. The fourth-order valence-corrected chi connectivity index (χ4v) is 2.91. The summed E-state index contributed by atoms with van der Waals surface area (Å²) in [5.74, 6) is 1.93. The minimum absolute atomic E-state index is 0.182. The minimum atomic E-state index is 0.182. The Labute approximate surface area is 122 Å². The van der Waals surface area contributed by atoms with Crippen LogP contribution >= 0.6 is 15.9 Å². The summed E-state index contributed by atoms with van der Waals surface area (Å²) in [5, 5.41) is 0. The normalized spacial score (nSPS) is 12.6. The lowest BCUT2D eigenvalue weighted by Gasteiger charge is -2.10. The highest BCUT2D eigenvalue weighted by molar-refractivity contribution is 9.09. The average molecular weight is 323 g/mol. The fourth-order valence-electron chi connectivity index (χ4n) is 2.15. The zero-order valence-corrected chi connectivity index (χ0v) is 13.2. The molecular formula is C16H19BrO2. The van der Waals surface area contributed by atoms with E-state index in [1.807, 2.05) is 13.8 Å². The van der Waals surface area contributed by atoms with E-state index in [2.05, 4.69) is 46.3 Å². The largest absolute Gasteiger partial charge is 0.466 e. The highest BCUT2D eigenvalue weighted by atomic mass is 79.9. The number of alkyl halides is 1. The van der Waals surface area contributed by atoms with Crippen LogP contribution in [-0.4, -0.2) is 13.7 Å². The van der Waals surface area contributed by atoms with Gasteiger partial charge in [-0.2, -0.15) is 0 Å². The Morgan fingerprint density at radius 1 is 1.21 bits per heavy atom. The summed E-state index contributed by atoms with van der Waals surface area (Å²) >= 11 is 3.75. The summed E-state index contributed by atoms with van der Waals surface area (Å²) < 4.78 is 10.7. The molecule has 1 unspecified atom stereocenters. The van der Waals surface area contributed by atoms with Crippen molar-refractivity contribution in [3.05, 3.63) is 58.5 Å². The topological polar surface area (TPSA) is 22.4 Å². The van der Waals surface area contributed by atoms with E-state index in [-0.39, 0.29) is 4.83 Å². The molecule has 0 fully saturated rings. The van der Waals surface area contributed by atoms with Gasteiger partial charge >= 0.3 is 0 Å². The van der Waals surface area contributed by atoms with E-state index in [9.17, 15) is 0 Å². The predicted octanol–water partition coefficient (Wildman–Crippen LogP) is 4.57. The number of halogens is 1. The number of hydrogen-bond acceptors (Lipinski definition) is 2. The van der Waals surface area contributed by atoms with Crippen LogP contribution in [0.5, 0.6) is 0 Å². The number of benzene rings is 1. The van der Waals surface area contributed by atoms with Crippen molar-refractivity contribution in [1.29, 1.82) is 0 Å². The van der Waals surface area contributed by atoms with E-state index < -0.39 is 0 Å². The molecule has 0 N–H and O–H groups in total. The Morgan fingerprint density at radius 2 is 1.89 bits per heavy atom. The van der Waals surface area contributed by atoms with Crippen molar-refractivity contribution in [2.24, 2.45) is 0 Å². The van der Waals surface area contributed by atoms with Gasteiger partial charge in [-0.3, -0.25) is 0 Å². The van der Waals surface area contributed by atoms with Crippen LogP contribution in [0, 0.1) is 13.8 Å². The Bertz CT molecular complexity index is 528. The van der Waals surface area contributed by atoms with Crippen LogP contribution in [0.25, 0.3) is 0 Å². The van der Waals surface area contributed by atoms with E-state index in [0.717, 1.165) is 24.5 Å². The summed E-state index contributed by atoms with van der Waals surface area (Å²) in [6, 6.07) is 10.7. The van der Waals surface area contributed by atoms with Gasteiger partial charge in [0, 0.05) is 12.7 Å². The molecule has 0 saturated carbocycles. The van der Waals surface area contributed by atoms with Gasteiger partial charge in [0.2, 0.25) is 0 Å². The number of methoxy groups -OCH3 is 1. The quantitative estimate of drug-likeness (QED) is 0.752. The molecule has 19 heavy (non-hydrogen) atoms. The molecule has 2 rings (SSSR count). The predicted molar refractivity (Wildman–Crippen MR) is 81.0 cm³/mol. The summed E-state index contributed by atoms with van der Waals surface area (Å²) in [6.45, 7) is 4.74. The van der Waals surface area contributed by atoms with Crippen molar-refractivity contribution in [2.75, 3.05) is 13.7 Å². The van der Waals surface area contributed by atoms with Gasteiger partial charge in [0.05, 0.1) is 11.4 Å². The highest BCUT2D eigenvalue weighted by Gasteiger charge is 2.16. The van der Waals surface area contributed by atoms with E-state index in [4.69, 9.17) is 9.15 Å². The van der Waals surface area contributed by atoms with E-state index >= 15 is 0 Å². The molecular weight excluding hydrogens is 304 g/mol. The lowest BCUT2D eigenvalue weighted by atomic mass is 10.0. The lowest BCUT2D eigenvalue weighted by molar-refractivity contribution is 0.202. The Hall–Kier alpha value is -1.06. The fraction of sp³-hybridized carbons (Fsp3) is 0.375. The van der Waals surface area contributed by atoms with Gasteiger partial charge in [0.15, 0.2) is 0 Å². The lowest BCUT2D eigenvalue weighted by Crippen LogP contribution is -1.96. The molecule has 2 aromatic rings. The average Bonchev–Trinajstić information content (AvgIpc) is 2.75. The maximum atomic E-state index is 5.59. The van der Waals surface area contributed by atoms with Crippen molar-refractivity contribution >= 4 is 15.9 Å². The zero-order valence-electron chi connectivity index (χ0n) is 11.6. The van der Waals surface area contributed by atoms with E-state index in [1.54, 1.807) is 7.11 Å². The summed E-state index contributed by atoms with van der Waals surface area (Å²) in [7, 11) is 1.73. The SMILES string of the molecule is COCCc1ccc(C(Br)c2cc(C)oc2C)cc1. The number of rotatable bonds is 5. The first-order valence-electron chi connectivity index (χ1n) is 6.40. The van der Waals surface area contributed by atoms with Crippen LogP contribution in [-0.2, 0) is 11.2 Å². The van der Waals surface area contributed by atoms with Gasteiger partial charge in [-0.1, -0.05) is 40.2 Å². The second-order valence-electron chi connectivity index (χ2n) is 4.72. The van der Waals surface area contributed by atoms with E-state index in [0.29, 0.717) is 0 Å². The monoisotopic (exact) mass is 322 g/mol. The maximum Gasteiger partial charge on any atom is 0.105 e. The maximum absolute atomic E-state index is 5.59. The van der Waals surface area contributed by atoms with Gasteiger partial charge in [0.1, 0.15) is 11.5 Å².